The Hall–Kier alpha value is -1.46. The third-order valence-corrected chi connectivity index (χ3v) is 7.82. The Morgan fingerprint density at radius 3 is 2.04 bits per heavy atom. The molecule has 5 rings (SSSR count). The summed E-state index contributed by atoms with van der Waals surface area (Å²) in [5.74, 6) is 0. The summed E-state index contributed by atoms with van der Waals surface area (Å²) in [4.78, 5) is 4.13. The molecular weight excluding hydrogens is 356 g/mol. The molecule has 0 unspecified atom stereocenters. The standard InChI is InChI=1S/C19H12S4/c1-11-10-13-17(15-5-3-8-21-15)18-12(6-9-22-18)16(19(13)23-11)14-4-2-7-20-14/h2-10H,1H3. The van der Waals surface area contributed by atoms with Gasteiger partial charge in [-0.2, -0.15) is 0 Å². The molecule has 23 heavy (non-hydrogen) atoms. The zero-order valence-electron chi connectivity index (χ0n) is 12.3. The molecule has 0 aliphatic heterocycles. The van der Waals surface area contributed by atoms with Gasteiger partial charge in [-0.25, -0.2) is 0 Å². The van der Waals surface area contributed by atoms with Crippen LogP contribution in [0.4, 0.5) is 0 Å². The fourth-order valence-electron chi connectivity index (χ4n) is 3.16. The Balaban J connectivity index is 2.03. The second kappa shape index (κ2) is 5.28. The van der Waals surface area contributed by atoms with E-state index in [4.69, 9.17) is 0 Å². The summed E-state index contributed by atoms with van der Waals surface area (Å²) >= 11 is 7.46. The van der Waals surface area contributed by atoms with Gasteiger partial charge in [0, 0.05) is 45.9 Å². The van der Waals surface area contributed by atoms with E-state index in [2.05, 4.69) is 59.5 Å². The molecule has 5 aromatic rings. The molecule has 0 nitrogen and oxygen atoms in total. The van der Waals surface area contributed by atoms with Crippen LogP contribution in [0.15, 0.2) is 52.5 Å². The van der Waals surface area contributed by atoms with Crippen molar-refractivity contribution in [1.82, 2.24) is 0 Å². The second-order valence-electron chi connectivity index (χ2n) is 5.47. The van der Waals surface area contributed by atoms with Crippen LogP contribution in [-0.4, -0.2) is 0 Å². The van der Waals surface area contributed by atoms with Crippen molar-refractivity contribution in [2.45, 2.75) is 6.92 Å². The van der Waals surface area contributed by atoms with Crippen LogP contribution in [0.3, 0.4) is 0 Å². The molecule has 4 heterocycles. The molecule has 0 bridgehead atoms. The summed E-state index contributed by atoms with van der Waals surface area (Å²) in [7, 11) is 0. The van der Waals surface area contributed by atoms with Gasteiger partial charge in [-0.05, 0) is 47.3 Å². The van der Waals surface area contributed by atoms with Crippen LogP contribution in [0.2, 0.25) is 0 Å². The molecule has 0 amide bonds. The summed E-state index contributed by atoms with van der Waals surface area (Å²) in [5.41, 5.74) is 2.84. The molecule has 0 atom stereocenters. The Morgan fingerprint density at radius 2 is 1.39 bits per heavy atom. The first-order chi connectivity index (χ1) is 11.3. The minimum atomic E-state index is 1.37. The van der Waals surface area contributed by atoms with Gasteiger partial charge >= 0.3 is 0 Å². The highest BCUT2D eigenvalue weighted by molar-refractivity contribution is 7.22. The molecule has 0 aliphatic carbocycles. The number of hydrogen-bond donors (Lipinski definition) is 0. The number of fused-ring (bicyclic) bond motifs is 2. The summed E-state index contributed by atoms with van der Waals surface area (Å²) in [5, 5.41) is 9.39. The fourth-order valence-corrected chi connectivity index (χ4v) is 6.94. The molecule has 0 spiro atoms. The highest BCUT2D eigenvalue weighted by Gasteiger charge is 2.20. The van der Waals surface area contributed by atoms with Gasteiger partial charge in [0.25, 0.3) is 0 Å². The molecule has 0 N–H and O–H groups in total. The average Bonchev–Trinajstić information content (AvgIpc) is 3.31. The normalized spacial score (nSPS) is 11.7. The van der Waals surface area contributed by atoms with Crippen LogP contribution in [0, 0.1) is 6.92 Å². The van der Waals surface area contributed by atoms with Crippen LogP contribution in [0.5, 0.6) is 0 Å². The van der Waals surface area contributed by atoms with Gasteiger partial charge in [0.05, 0.1) is 0 Å². The Kier molecular flexibility index (Phi) is 3.20. The van der Waals surface area contributed by atoms with Gasteiger partial charge in [0.2, 0.25) is 0 Å². The first-order valence-corrected chi connectivity index (χ1v) is 10.8. The van der Waals surface area contributed by atoms with E-state index in [1.54, 1.807) is 0 Å². The Labute approximate surface area is 150 Å². The van der Waals surface area contributed by atoms with Gasteiger partial charge in [-0.3, -0.25) is 0 Å². The maximum Gasteiger partial charge on any atom is 0.0445 e. The smallest absolute Gasteiger partial charge is 0.0445 e. The van der Waals surface area contributed by atoms with Crippen LogP contribution in [0.1, 0.15) is 4.88 Å². The van der Waals surface area contributed by atoms with Gasteiger partial charge in [0.1, 0.15) is 0 Å². The third kappa shape index (κ3) is 2.06. The van der Waals surface area contributed by atoms with Crippen LogP contribution in [0.25, 0.3) is 41.1 Å². The van der Waals surface area contributed by atoms with Gasteiger partial charge < -0.3 is 0 Å². The summed E-state index contributed by atoms with van der Waals surface area (Å²) in [6.07, 6.45) is 0. The van der Waals surface area contributed by atoms with Crippen molar-refractivity contribution in [3.8, 4) is 20.9 Å². The second-order valence-corrected chi connectivity index (χ2v) is 9.54. The lowest BCUT2D eigenvalue weighted by molar-refractivity contribution is 1.66. The predicted octanol–water partition coefficient (Wildman–Crippen LogP) is 7.88. The highest BCUT2D eigenvalue weighted by Crippen LogP contribution is 2.49. The van der Waals surface area contributed by atoms with E-state index < -0.39 is 0 Å². The molecule has 1 aromatic carbocycles. The molecule has 0 aliphatic rings. The lowest BCUT2D eigenvalue weighted by Crippen LogP contribution is -1.81. The minimum absolute atomic E-state index is 1.37. The molecule has 0 fully saturated rings. The Bertz CT molecular complexity index is 1020. The SMILES string of the molecule is Cc1cc2c(-c3cccs3)c3sccc3c(-c3cccs3)c2s1. The summed E-state index contributed by atoms with van der Waals surface area (Å²) in [6, 6.07) is 13.5. The molecule has 0 radical (unpaired) electrons. The number of thiophene rings is 4. The zero-order valence-corrected chi connectivity index (χ0v) is 15.6. The fraction of sp³-hybridized carbons (Fsp3) is 0.0526. The van der Waals surface area contributed by atoms with Crippen LogP contribution >= 0.6 is 45.3 Å². The van der Waals surface area contributed by atoms with E-state index in [9.17, 15) is 0 Å². The first-order valence-electron chi connectivity index (χ1n) is 7.34. The molecular formula is C19H12S4. The van der Waals surface area contributed by atoms with Crippen molar-refractivity contribution in [3.05, 3.63) is 57.4 Å². The van der Waals surface area contributed by atoms with Crippen molar-refractivity contribution in [3.63, 3.8) is 0 Å². The average molecular weight is 369 g/mol. The monoisotopic (exact) mass is 368 g/mol. The Morgan fingerprint density at radius 1 is 0.696 bits per heavy atom. The lowest BCUT2D eigenvalue weighted by atomic mass is 10.00. The molecule has 112 valence electrons. The van der Waals surface area contributed by atoms with Gasteiger partial charge in [-0.1, -0.05) is 12.1 Å². The van der Waals surface area contributed by atoms with Gasteiger partial charge in [-0.15, -0.1) is 45.3 Å². The van der Waals surface area contributed by atoms with E-state index >= 15 is 0 Å². The number of aryl methyl sites for hydroxylation is 1. The number of hydrogen-bond acceptors (Lipinski definition) is 4. The van der Waals surface area contributed by atoms with Crippen LogP contribution in [-0.2, 0) is 0 Å². The maximum atomic E-state index is 2.37. The van der Waals surface area contributed by atoms with E-state index in [-0.39, 0.29) is 0 Å². The first kappa shape index (κ1) is 13.9. The van der Waals surface area contributed by atoms with Crippen molar-refractivity contribution in [1.29, 1.82) is 0 Å². The van der Waals surface area contributed by atoms with Crippen LogP contribution < -0.4 is 0 Å². The number of rotatable bonds is 2. The zero-order chi connectivity index (χ0) is 15.4. The van der Waals surface area contributed by atoms with E-state index in [0.717, 1.165) is 0 Å². The lowest BCUT2D eigenvalue weighted by Gasteiger charge is -2.09. The summed E-state index contributed by atoms with van der Waals surface area (Å²) < 4.78 is 2.85. The molecule has 0 saturated heterocycles. The largest absolute Gasteiger partial charge is 0.144 e. The van der Waals surface area contributed by atoms with E-state index in [1.165, 1.54) is 45.9 Å². The molecule has 4 aromatic heterocycles. The van der Waals surface area contributed by atoms with Crippen molar-refractivity contribution < 1.29 is 0 Å². The minimum Gasteiger partial charge on any atom is -0.144 e. The van der Waals surface area contributed by atoms with E-state index in [1.807, 2.05) is 45.3 Å². The summed E-state index contributed by atoms with van der Waals surface area (Å²) in [6.45, 7) is 2.22. The quantitative estimate of drug-likeness (QED) is 0.297. The molecule has 0 saturated carbocycles. The predicted molar refractivity (Wildman–Crippen MR) is 109 cm³/mol. The van der Waals surface area contributed by atoms with Gasteiger partial charge in [0.15, 0.2) is 0 Å². The molecule has 4 heteroatoms. The third-order valence-electron chi connectivity index (χ3n) is 4.05. The maximum absolute atomic E-state index is 2.37. The topological polar surface area (TPSA) is 0 Å². The van der Waals surface area contributed by atoms with Crippen molar-refractivity contribution in [2.75, 3.05) is 0 Å². The van der Waals surface area contributed by atoms with Crippen molar-refractivity contribution in [2.24, 2.45) is 0 Å². The highest BCUT2D eigenvalue weighted by atomic mass is 32.1. The number of benzene rings is 1. The van der Waals surface area contributed by atoms with Crippen molar-refractivity contribution >= 4 is 65.5 Å². The van der Waals surface area contributed by atoms with E-state index in [0.29, 0.717) is 0 Å².